The minimum atomic E-state index is -0.0396. The molecule has 0 amide bonds. The lowest BCUT2D eigenvalue weighted by Gasteiger charge is -2.42. The van der Waals surface area contributed by atoms with Crippen molar-refractivity contribution in [3.8, 4) is 0 Å². The Balaban J connectivity index is 4.46. The molecule has 3 heteroatoms. The summed E-state index contributed by atoms with van der Waals surface area (Å²) >= 11 is 0. The smallest absolute Gasteiger partial charge is 0.0505 e. The molecular formula is C20H44OP2. The fraction of sp³-hybridized carbons (Fsp3) is 1.00. The summed E-state index contributed by atoms with van der Waals surface area (Å²) in [6, 6.07) is 0. The molecule has 0 fully saturated rings. The predicted molar refractivity (Wildman–Crippen MR) is 113 cm³/mol. The van der Waals surface area contributed by atoms with Gasteiger partial charge in [0.15, 0.2) is 0 Å². The number of hydrogen-bond donors (Lipinski definition) is 0. The monoisotopic (exact) mass is 362 g/mol. The van der Waals surface area contributed by atoms with Crippen molar-refractivity contribution in [3.05, 3.63) is 0 Å². The fourth-order valence-corrected chi connectivity index (χ4v) is 11.1. The van der Waals surface area contributed by atoms with Gasteiger partial charge < -0.3 is 4.74 Å². The van der Waals surface area contributed by atoms with Gasteiger partial charge in [0, 0.05) is 0 Å². The summed E-state index contributed by atoms with van der Waals surface area (Å²) in [6.45, 7) is 30.6. The minimum Gasteiger partial charge on any atom is -0.381 e. The van der Waals surface area contributed by atoms with Crippen LogP contribution in [0.5, 0.6) is 0 Å². The molecule has 0 saturated heterocycles. The Morgan fingerprint density at radius 3 is 0.870 bits per heavy atom. The molecule has 0 bridgehead atoms. The predicted octanol–water partition coefficient (Wildman–Crippen LogP) is 7.16. The molecule has 23 heavy (non-hydrogen) atoms. The van der Waals surface area contributed by atoms with Gasteiger partial charge >= 0.3 is 0 Å². The zero-order chi connectivity index (χ0) is 18.7. The lowest BCUT2D eigenvalue weighted by Crippen LogP contribution is -2.29. The molecule has 0 heterocycles. The Morgan fingerprint density at radius 2 is 0.696 bits per heavy atom. The molecule has 0 saturated carbocycles. The van der Waals surface area contributed by atoms with E-state index < -0.39 is 0 Å². The second-order valence-electron chi connectivity index (χ2n) is 10.6. The van der Waals surface area contributed by atoms with Gasteiger partial charge in [0.1, 0.15) is 0 Å². The Kier molecular flexibility index (Phi) is 8.77. The van der Waals surface area contributed by atoms with Crippen LogP contribution < -0.4 is 0 Å². The van der Waals surface area contributed by atoms with Gasteiger partial charge in [-0.25, -0.2) is 0 Å². The number of rotatable bonds is 6. The third-order valence-electron chi connectivity index (χ3n) is 4.16. The van der Waals surface area contributed by atoms with Crippen LogP contribution in [-0.2, 0) is 4.74 Å². The average Bonchev–Trinajstić information content (AvgIpc) is 2.19. The molecule has 0 aliphatic heterocycles. The van der Waals surface area contributed by atoms with Gasteiger partial charge in [0.05, 0.1) is 13.2 Å². The molecule has 0 rings (SSSR count). The SMILES string of the molecule is CC(C)(C)P(CCOCCP(C(C)(C)C)C(C)(C)C)C(C)(C)C. The van der Waals surface area contributed by atoms with Crippen molar-refractivity contribution in [2.24, 2.45) is 0 Å². The van der Waals surface area contributed by atoms with E-state index in [-0.39, 0.29) is 15.8 Å². The van der Waals surface area contributed by atoms with E-state index in [9.17, 15) is 0 Å². The number of ether oxygens (including phenoxy) is 1. The summed E-state index contributed by atoms with van der Waals surface area (Å²) in [7, 11) is -0.0791. The van der Waals surface area contributed by atoms with E-state index in [0.29, 0.717) is 20.6 Å². The van der Waals surface area contributed by atoms with Crippen LogP contribution in [0.1, 0.15) is 83.1 Å². The molecular weight excluding hydrogens is 318 g/mol. The van der Waals surface area contributed by atoms with E-state index in [1.807, 2.05) is 0 Å². The van der Waals surface area contributed by atoms with Crippen LogP contribution in [0.15, 0.2) is 0 Å². The molecule has 0 N–H and O–H groups in total. The molecule has 0 aromatic rings. The Bertz CT molecular complexity index is 275. The van der Waals surface area contributed by atoms with Crippen molar-refractivity contribution >= 4 is 15.8 Å². The molecule has 0 aromatic heterocycles. The molecule has 0 radical (unpaired) electrons. The van der Waals surface area contributed by atoms with E-state index in [4.69, 9.17) is 4.74 Å². The quantitative estimate of drug-likeness (QED) is 0.360. The van der Waals surface area contributed by atoms with Crippen LogP contribution in [0, 0.1) is 0 Å². The number of hydrogen-bond acceptors (Lipinski definition) is 1. The van der Waals surface area contributed by atoms with E-state index in [1.165, 1.54) is 12.3 Å². The molecule has 0 atom stereocenters. The molecule has 0 aromatic carbocycles. The standard InChI is InChI=1S/C20H44OP2/c1-17(2,3)22(18(4,5)6)15-13-21-14-16-23(19(7,8)9)20(10,11)12/h13-16H2,1-12H3. The summed E-state index contributed by atoms with van der Waals surface area (Å²) in [5.41, 5.74) is 0. The van der Waals surface area contributed by atoms with Crippen LogP contribution in [0.25, 0.3) is 0 Å². The van der Waals surface area contributed by atoms with E-state index in [2.05, 4.69) is 83.1 Å². The first kappa shape index (κ1) is 23.8. The van der Waals surface area contributed by atoms with Crippen LogP contribution in [0.4, 0.5) is 0 Å². The Morgan fingerprint density at radius 1 is 0.478 bits per heavy atom. The van der Waals surface area contributed by atoms with Crippen LogP contribution in [-0.4, -0.2) is 46.2 Å². The third-order valence-corrected chi connectivity index (χ3v) is 11.9. The second kappa shape index (κ2) is 8.47. The molecule has 1 nitrogen and oxygen atoms in total. The maximum atomic E-state index is 6.11. The van der Waals surface area contributed by atoms with Crippen molar-refractivity contribution in [2.45, 2.75) is 104 Å². The fourth-order valence-electron chi connectivity index (χ4n) is 3.77. The first-order chi connectivity index (χ1) is 9.97. The first-order valence-corrected chi connectivity index (χ1v) is 12.2. The average molecular weight is 363 g/mol. The van der Waals surface area contributed by atoms with Gasteiger partial charge in [-0.05, 0) is 32.9 Å². The largest absolute Gasteiger partial charge is 0.381 e. The van der Waals surface area contributed by atoms with Gasteiger partial charge in [0.2, 0.25) is 0 Å². The minimum absolute atomic E-state index is 0.0396. The van der Waals surface area contributed by atoms with Crippen LogP contribution in [0.2, 0.25) is 0 Å². The topological polar surface area (TPSA) is 9.23 Å². The highest BCUT2D eigenvalue weighted by Gasteiger charge is 2.35. The van der Waals surface area contributed by atoms with Crippen molar-refractivity contribution in [1.29, 1.82) is 0 Å². The molecule has 0 aliphatic carbocycles. The molecule has 140 valence electrons. The normalized spacial score (nSPS) is 14.9. The maximum Gasteiger partial charge on any atom is 0.0505 e. The summed E-state index contributed by atoms with van der Waals surface area (Å²) in [6.07, 6.45) is 2.45. The molecule has 0 unspecified atom stereocenters. The first-order valence-electron chi connectivity index (χ1n) is 9.10. The Labute approximate surface area is 150 Å². The van der Waals surface area contributed by atoms with E-state index in [0.717, 1.165) is 13.2 Å². The van der Waals surface area contributed by atoms with Crippen molar-refractivity contribution in [1.82, 2.24) is 0 Å². The Hall–Kier alpha value is 0.820. The lowest BCUT2D eigenvalue weighted by molar-refractivity contribution is 0.165. The summed E-state index contributed by atoms with van der Waals surface area (Å²) in [5.74, 6) is 0. The van der Waals surface area contributed by atoms with Gasteiger partial charge in [-0.3, -0.25) is 0 Å². The van der Waals surface area contributed by atoms with E-state index >= 15 is 0 Å². The second-order valence-corrected chi connectivity index (χ2v) is 18.6. The molecule has 0 aliphatic rings. The lowest BCUT2D eigenvalue weighted by atomic mass is 10.2. The van der Waals surface area contributed by atoms with Crippen LogP contribution in [0.3, 0.4) is 0 Å². The third kappa shape index (κ3) is 9.18. The zero-order valence-electron chi connectivity index (χ0n) is 18.1. The summed E-state index contributed by atoms with van der Waals surface area (Å²) < 4.78 is 6.11. The highest BCUT2D eigenvalue weighted by molar-refractivity contribution is 7.61. The molecule has 0 spiro atoms. The van der Waals surface area contributed by atoms with Crippen molar-refractivity contribution < 1.29 is 4.74 Å². The zero-order valence-corrected chi connectivity index (χ0v) is 19.9. The van der Waals surface area contributed by atoms with Gasteiger partial charge in [-0.15, -0.1) is 0 Å². The van der Waals surface area contributed by atoms with Crippen molar-refractivity contribution in [3.63, 3.8) is 0 Å². The van der Waals surface area contributed by atoms with Gasteiger partial charge in [-0.1, -0.05) is 98.9 Å². The summed E-state index contributed by atoms with van der Waals surface area (Å²) in [4.78, 5) is 0. The highest BCUT2D eigenvalue weighted by Crippen LogP contribution is 2.60. The van der Waals surface area contributed by atoms with Gasteiger partial charge in [0.25, 0.3) is 0 Å². The highest BCUT2D eigenvalue weighted by atomic mass is 31.1. The van der Waals surface area contributed by atoms with Crippen molar-refractivity contribution in [2.75, 3.05) is 25.5 Å². The maximum absolute atomic E-state index is 6.11. The van der Waals surface area contributed by atoms with Gasteiger partial charge in [-0.2, -0.15) is 0 Å². The summed E-state index contributed by atoms with van der Waals surface area (Å²) in [5, 5.41) is 1.61. The van der Waals surface area contributed by atoms with E-state index in [1.54, 1.807) is 0 Å². The van der Waals surface area contributed by atoms with Crippen LogP contribution >= 0.6 is 15.8 Å².